The lowest BCUT2D eigenvalue weighted by Gasteiger charge is -2.00. The number of fused-ring (bicyclic) bond motifs is 1. The molecule has 1 aliphatic heterocycles. The van der Waals surface area contributed by atoms with Gasteiger partial charge in [-0.15, -0.1) is 0 Å². The maximum absolute atomic E-state index is 3.37. The van der Waals surface area contributed by atoms with Gasteiger partial charge in [-0.3, -0.25) is 0 Å². The van der Waals surface area contributed by atoms with Crippen LogP contribution in [0.25, 0.3) is 0 Å². The third-order valence-electron chi connectivity index (χ3n) is 2.30. The summed E-state index contributed by atoms with van der Waals surface area (Å²) in [4.78, 5) is 0. The Balaban J connectivity index is 2.19. The summed E-state index contributed by atoms with van der Waals surface area (Å²) in [6, 6.07) is 0. The van der Waals surface area contributed by atoms with Gasteiger partial charge in [-0.2, -0.15) is 0 Å². The molecule has 1 saturated heterocycles. The molecule has 2 atom stereocenters. The Morgan fingerprint density at radius 3 is 2.62 bits per heavy atom. The number of nitrogens with one attached hydrogen (secondary N) is 1. The van der Waals surface area contributed by atoms with Crippen molar-refractivity contribution >= 4 is 0 Å². The topological polar surface area (TPSA) is 12.0 Å². The summed E-state index contributed by atoms with van der Waals surface area (Å²) in [6.07, 6.45) is 0. The van der Waals surface area contributed by atoms with Crippen LogP contribution in [0.3, 0.4) is 0 Å². The van der Waals surface area contributed by atoms with Crippen molar-refractivity contribution in [3.63, 3.8) is 0 Å². The Hall–Kier alpha value is -0.460. The van der Waals surface area contributed by atoms with E-state index >= 15 is 0 Å². The fourth-order valence-corrected chi connectivity index (χ4v) is 1.70. The van der Waals surface area contributed by atoms with Crippen LogP contribution in [0.4, 0.5) is 0 Å². The number of hydrogen-bond acceptors (Lipinski definition) is 1. The van der Waals surface area contributed by atoms with E-state index in [0.717, 1.165) is 11.8 Å². The minimum Gasteiger partial charge on any atom is -0.388 e. The van der Waals surface area contributed by atoms with Gasteiger partial charge in [0.05, 0.1) is 0 Å². The molecule has 0 spiro atoms. The predicted molar refractivity (Wildman–Crippen MR) is 33.4 cm³/mol. The Morgan fingerprint density at radius 1 is 1.62 bits per heavy atom. The van der Waals surface area contributed by atoms with Crippen LogP contribution in [0.15, 0.2) is 11.3 Å². The van der Waals surface area contributed by atoms with Crippen LogP contribution >= 0.6 is 0 Å². The van der Waals surface area contributed by atoms with Crippen LogP contribution in [-0.4, -0.2) is 6.54 Å². The smallest absolute Gasteiger partial charge is 0.0256 e. The number of hydrogen-bond donors (Lipinski definition) is 1. The quantitative estimate of drug-likeness (QED) is 0.491. The van der Waals surface area contributed by atoms with Gasteiger partial charge >= 0.3 is 0 Å². The number of rotatable bonds is 0. The van der Waals surface area contributed by atoms with Gasteiger partial charge in [0.1, 0.15) is 0 Å². The van der Waals surface area contributed by atoms with E-state index in [0.29, 0.717) is 0 Å². The molecule has 1 N–H and O–H groups in total. The van der Waals surface area contributed by atoms with Crippen LogP contribution in [0.1, 0.15) is 13.8 Å². The standard InChI is InChI=1S/C7H11N/c1-4-3-8-7-5(2)6(4)7/h4,6,8H,3H2,1-2H3/t4?,6-/m1/s1. The molecule has 2 aliphatic rings. The van der Waals surface area contributed by atoms with Crippen LogP contribution in [0.2, 0.25) is 0 Å². The van der Waals surface area contributed by atoms with Gasteiger partial charge in [0.15, 0.2) is 0 Å². The molecule has 0 aromatic heterocycles. The largest absolute Gasteiger partial charge is 0.388 e. The van der Waals surface area contributed by atoms with Gasteiger partial charge in [0, 0.05) is 18.2 Å². The fraction of sp³-hybridized carbons (Fsp3) is 0.714. The van der Waals surface area contributed by atoms with Crippen molar-refractivity contribution in [2.24, 2.45) is 11.8 Å². The Labute approximate surface area is 49.8 Å². The molecule has 44 valence electrons. The van der Waals surface area contributed by atoms with Crippen LogP contribution in [-0.2, 0) is 0 Å². The minimum absolute atomic E-state index is 0.870. The molecule has 0 aromatic rings. The van der Waals surface area contributed by atoms with E-state index in [9.17, 15) is 0 Å². The highest BCUT2D eigenvalue weighted by atomic mass is 15.0. The van der Waals surface area contributed by atoms with Crippen molar-refractivity contribution in [3.05, 3.63) is 11.3 Å². The van der Waals surface area contributed by atoms with E-state index in [-0.39, 0.29) is 0 Å². The molecule has 1 aliphatic carbocycles. The van der Waals surface area contributed by atoms with Crippen LogP contribution in [0, 0.1) is 11.8 Å². The van der Waals surface area contributed by atoms with Crippen molar-refractivity contribution < 1.29 is 0 Å². The van der Waals surface area contributed by atoms with Gasteiger partial charge in [-0.1, -0.05) is 6.92 Å². The second kappa shape index (κ2) is 1.09. The highest BCUT2D eigenvalue weighted by Gasteiger charge is 2.42. The maximum atomic E-state index is 3.37. The highest BCUT2D eigenvalue weighted by molar-refractivity contribution is 5.41. The van der Waals surface area contributed by atoms with Gasteiger partial charge in [-0.25, -0.2) is 0 Å². The van der Waals surface area contributed by atoms with Gasteiger partial charge < -0.3 is 5.32 Å². The maximum Gasteiger partial charge on any atom is 0.0256 e. The molecule has 2 rings (SSSR count). The Morgan fingerprint density at radius 2 is 2.38 bits per heavy atom. The molecule has 1 unspecified atom stereocenters. The van der Waals surface area contributed by atoms with E-state index in [1.165, 1.54) is 12.2 Å². The third-order valence-corrected chi connectivity index (χ3v) is 2.30. The van der Waals surface area contributed by atoms with E-state index in [2.05, 4.69) is 19.2 Å². The predicted octanol–water partition coefficient (Wildman–Crippen LogP) is 1.13. The molecular weight excluding hydrogens is 98.1 g/mol. The number of allylic oxidation sites excluding steroid dienone is 2. The van der Waals surface area contributed by atoms with Crippen molar-refractivity contribution in [2.75, 3.05) is 6.54 Å². The molecule has 0 saturated carbocycles. The molecule has 0 aromatic carbocycles. The third kappa shape index (κ3) is 0.332. The molecule has 1 heterocycles. The monoisotopic (exact) mass is 109 g/mol. The summed E-state index contributed by atoms with van der Waals surface area (Å²) in [5, 5.41) is 3.37. The lowest BCUT2D eigenvalue weighted by molar-refractivity contribution is 0.575. The van der Waals surface area contributed by atoms with Crippen LogP contribution in [0.5, 0.6) is 0 Å². The first kappa shape index (κ1) is 4.42. The molecule has 0 radical (unpaired) electrons. The zero-order valence-electron chi connectivity index (χ0n) is 5.36. The average molecular weight is 109 g/mol. The normalized spacial score (nSPS) is 41.8. The summed E-state index contributed by atoms with van der Waals surface area (Å²) in [7, 11) is 0. The Bertz CT molecular complexity index is 158. The minimum atomic E-state index is 0.870. The Kier molecular flexibility index (Phi) is 0.605. The van der Waals surface area contributed by atoms with E-state index < -0.39 is 0 Å². The molecule has 0 bridgehead atoms. The molecule has 8 heavy (non-hydrogen) atoms. The summed E-state index contributed by atoms with van der Waals surface area (Å²) in [5.74, 6) is 1.75. The van der Waals surface area contributed by atoms with E-state index in [1.54, 1.807) is 5.57 Å². The summed E-state index contributed by atoms with van der Waals surface area (Å²) >= 11 is 0. The zero-order valence-corrected chi connectivity index (χ0v) is 5.36. The summed E-state index contributed by atoms with van der Waals surface area (Å²) in [5.41, 5.74) is 3.14. The second-order valence-corrected chi connectivity index (χ2v) is 2.93. The van der Waals surface area contributed by atoms with E-state index in [4.69, 9.17) is 0 Å². The summed E-state index contributed by atoms with van der Waals surface area (Å²) in [6.45, 7) is 5.74. The fourth-order valence-electron chi connectivity index (χ4n) is 1.70. The molecule has 1 heteroatoms. The molecule has 1 nitrogen and oxygen atoms in total. The van der Waals surface area contributed by atoms with Crippen molar-refractivity contribution in [3.8, 4) is 0 Å². The van der Waals surface area contributed by atoms with Gasteiger partial charge in [0.2, 0.25) is 0 Å². The van der Waals surface area contributed by atoms with Gasteiger partial charge in [0.25, 0.3) is 0 Å². The van der Waals surface area contributed by atoms with Crippen molar-refractivity contribution in [1.82, 2.24) is 5.32 Å². The van der Waals surface area contributed by atoms with Crippen molar-refractivity contribution in [2.45, 2.75) is 13.8 Å². The highest BCUT2D eigenvalue weighted by Crippen LogP contribution is 2.46. The second-order valence-electron chi connectivity index (χ2n) is 2.93. The lowest BCUT2D eigenvalue weighted by Crippen LogP contribution is -2.08. The van der Waals surface area contributed by atoms with E-state index in [1.807, 2.05) is 0 Å². The molecule has 1 fully saturated rings. The lowest BCUT2D eigenvalue weighted by atomic mass is 10.1. The zero-order chi connectivity index (χ0) is 5.72. The molecule has 0 amide bonds. The first-order chi connectivity index (χ1) is 3.80. The van der Waals surface area contributed by atoms with Crippen LogP contribution < -0.4 is 5.32 Å². The average Bonchev–Trinajstić information content (AvgIpc) is 2.13. The SMILES string of the molecule is CC1=C2NCC(C)[C@H]12. The molecular formula is C7H11N. The van der Waals surface area contributed by atoms with Gasteiger partial charge in [-0.05, 0) is 18.4 Å². The first-order valence-corrected chi connectivity index (χ1v) is 3.25. The summed E-state index contributed by atoms with van der Waals surface area (Å²) < 4.78 is 0. The first-order valence-electron chi connectivity index (χ1n) is 3.25. The van der Waals surface area contributed by atoms with Crippen molar-refractivity contribution in [1.29, 1.82) is 0 Å².